The maximum absolute atomic E-state index is 13.5. The lowest BCUT2D eigenvalue weighted by molar-refractivity contribution is -0.132. The fourth-order valence-corrected chi connectivity index (χ4v) is 5.88. The van der Waals surface area contributed by atoms with Crippen LogP contribution < -0.4 is 5.48 Å². The molecule has 6 nitrogen and oxygen atoms in total. The van der Waals surface area contributed by atoms with Gasteiger partial charge in [-0.1, -0.05) is 82.2 Å². The second-order valence-corrected chi connectivity index (χ2v) is 9.68. The molecule has 7 heteroatoms. The van der Waals surface area contributed by atoms with E-state index in [4.69, 9.17) is 0 Å². The van der Waals surface area contributed by atoms with E-state index in [9.17, 15) is 18.4 Å². The number of rotatable bonds is 13. The Kier molecular flexibility index (Phi) is 8.92. The van der Waals surface area contributed by atoms with Crippen molar-refractivity contribution < 1.29 is 18.4 Å². The van der Waals surface area contributed by atoms with E-state index in [1.54, 1.807) is 48.1 Å². The summed E-state index contributed by atoms with van der Waals surface area (Å²) in [5.74, 6) is -1.20. The van der Waals surface area contributed by atoms with Gasteiger partial charge in [0.2, 0.25) is 0 Å². The number of aromatic nitrogens is 1. The quantitative estimate of drug-likeness (QED) is 0.253. The van der Waals surface area contributed by atoms with Crippen LogP contribution in [0, 0.1) is 0 Å². The molecule has 0 saturated heterocycles. The molecule has 0 aliphatic rings. The molecule has 0 aliphatic carbocycles. The number of hydrogen-bond donors (Lipinski definition) is 3. The predicted octanol–water partition coefficient (Wildman–Crippen LogP) is 4.47. The number of carbonyl (C=O) groups excluding carboxylic acids is 1. The number of carbonyl (C=O) groups is 1. The van der Waals surface area contributed by atoms with E-state index in [1.165, 1.54) is 19.3 Å². The highest BCUT2D eigenvalue weighted by atomic mass is 32.2. The standard InChI is InChI=1S/C22H32N2O4S/c1-2-3-4-5-6-7-11-16-22(21(25)24-26,20-15-12-17-23-20)29(27,28)18-19-13-9-8-10-14-19/h8-10,12-15,17,23,26H,2-7,11,16,18H2,1H3,(H,24,25). The molecule has 1 aromatic heterocycles. The molecular weight excluding hydrogens is 388 g/mol. The SMILES string of the molecule is CCCCCCCCCC(C(=O)NO)(c1ccc[nH]1)S(=O)(=O)Cc1ccccc1. The van der Waals surface area contributed by atoms with Gasteiger partial charge in [-0.3, -0.25) is 10.0 Å². The molecule has 2 aromatic rings. The maximum Gasteiger partial charge on any atom is 0.270 e. The van der Waals surface area contributed by atoms with Crippen LogP contribution >= 0.6 is 0 Å². The highest BCUT2D eigenvalue weighted by Crippen LogP contribution is 2.38. The summed E-state index contributed by atoms with van der Waals surface area (Å²) in [6.45, 7) is 2.16. The first kappa shape index (κ1) is 23.2. The number of H-pyrrole nitrogens is 1. The molecule has 29 heavy (non-hydrogen) atoms. The molecule has 1 aromatic carbocycles. The summed E-state index contributed by atoms with van der Waals surface area (Å²) in [5.41, 5.74) is 2.51. The normalized spacial score (nSPS) is 13.7. The molecule has 0 radical (unpaired) electrons. The molecule has 0 fully saturated rings. The molecule has 1 atom stereocenters. The Morgan fingerprint density at radius 1 is 1.00 bits per heavy atom. The second kappa shape index (κ2) is 11.2. The molecule has 2 rings (SSSR count). The molecule has 0 spiro atoms. The van der Waals surface area contributed by atoms with Crippen molar-refractivity contribution in [2.75, 3.05) is 0 Å². The minimum atomic E-state index is -3.98. The fraction of sp³-hybridized carbons (Fsp3) is 0.500. The van der Waals surface area contributed by atoms with Gasteiger partial charge in [-0.25, -0.2) is 13.9 Å². The van der Waals surface area contributed by atoms with Crippen molar-refractivity contribution in [3.8, 4) is 0 Å². The van der Waals surface area contributed by atoms with Crippen LogP contribution in [0.15, 0.2) is 48.7 Å². The van der Waals surface area contributed by atoms with Gasteiger partial charge in [0.1, 0.15) is 0 Å². The Labute approximate surface area is 173 Å². The predicted molar refractivity (Wildman–Crippen MR) is 114 cm³/mol. The summed E-state index contributed by atoms with van der Waals surface area (Å²) in [7, 11) is -3.98. The number of aromatic amines is 1. The van der Waals surface area contributed by atoms with Crippen molar-refractivity contribution in [2.24, 2.45) is 0 Å². The Balaban J connectivity index is 2.28. The summed E-state index contributed by atoms with van der Waals surface area (Å²) in [4.78, 5) is 15.7. The first-order valence-electron chi connectivity index (χ1n) is 10.3. The van der Waals surface area contributed by atoms with E-state index in [1.807, 2.05) is 6.07 Å². The number of benzene rings is 1. The molecule has 1 unspecified atom stereocenters. The minimum absolute atomic E-state index is 0.114. The van der Waals surface area contributed by atoms with Gasteiger partial charge in [0.05, 0.1) is 5.75 Å². The molecule has 1 amide bonds. The maximum atomic E-state index is 13.5. The lowest BCUT2D eigenvalue weighted by Gasteiger charge is -2.30. The summed E-state index contributed by atoms with van der Waals surface area (Å²) in [6.07, 6.45) is 8.77. The van der Waals surface area contributed by atoms with E-state index in [0.29, 0.717) is 12.0 Å². The zero-order valence-electron chi connectivity index (χ0n) is 17.1. The number of hydroxylamine groups is 1. The number of amides is 1. The van der Waals surface area contributed by atoms with Crippen molar-refractivity contribution >= 4 is 15.7 Å². The molecular formula is C22H32N2O4S. The van der Waals surface area contributed by atoms with Crippen LogP contribution in [0.3, 0.4) is 0 Å². The molecule has 3 N–H and O–H groups in total. The lowest BCUT2D eigenvalue weighted by Crippen LogP contribution is -2.50. The molecule has 160 valence electrons. The summed E-state index contributed by atoms with van der Waals surface area (Å²) in [5, 5.41) is 9.42. The number of hydrogen-bond acceptors (Lipinski definition) is 4. The first-order valence-corrected chi connectivity index (χ1v) is 12.0. The van der Waals surface area contributed by atoms with Crippen molar-refractivity contribution in [1.82, 2.24) is 10.5 Å². The van der Waals surface area contributed by atoms with Gasteiger partial charge in [0.15, 0.2) is 14.6 Å². The molecule has 1 heterocycles. The topological polar surface area (TPSA) is 99.3 Å². The van der Waals surface area contributed by atoms with Gasteiger partial charge in [-0.15, -0.1) is 0 Å². The molecule has 0 saturated carbocycles. The minimum Gasteiger partial charge on any atom is -0.363 e. The van der Waals surface area contributed by atoms with Gasteiger partial charge >= 0.3 is 0 Å². The van der Waals surface area contributed by atoms with E-state index in [-0.39, 0.29) is 17.9 Å². The lowest BCUT2D eigenvalue weighted by atomic mass is 9.95. The van der Waals surface area contributed by atoms with Crippen LogP contribution in [-0.2, 0) is 25.1 Å². The van der Waals surface area contributed by atoms with Crippen LogP contribution in [0.4, 0.5) is 0 Å². The average Bonchev–Trinajstić information content (AvgIpc) is 3.25. The van der Waals surface area contributed by atoms with Crippen molar-refractivity contribution in [3.05, 3.63) is 59.9 Å². The molecule has 0 bridgehead atoms. The van der Waals surface area contributed by atoms with Gasteiger partial charge in [-0.05, 0) is 24.1 Å². The monoisotopic (exact) mass is 420 g/mol. The number of sulfone groups is 1. The zero-order chi connectivity index (χ0) is 21.2. The Morgan fingerprint density at radius 3 is 2.24 bits per heavy atom. The summed E-state index contributed by atoms with van der Waals surface area (Å²) < 4.78 is 25.2. The van der Waals surface area contributed by atoms with Gasteiger partial charge in [-0.2, -0.15) is 0 Å². The van der Waals surface area contributed by atoms with Crippen LogP contribution in [0.25, 0.3) is 0 Å². The third kappa shape index (κ3) is 5.70. The number of nitrogens with one attached hydrogen (secondary N) is 2. The highest BCUT2D eigenvalue weighted by molar-refractivity contribution is 7.92. The van der Waals surface area contributed by atoms with E-state index in [0.717, 1.165) is 19.3 Å². The largest absolute Gasteiger partial charge is 0.363 e. The van der Waals surface area contributed by atoms with Crippen LogP contribution in [0.1, 0.15) is 69.5 Å². The highest BCUT2D eigenvalue weighted by Gasteiger charge is 2.52. The van der Waals surface area contributed by atoms with Crippen LogP contribution in [0.2, 0.25) is 0 Å². The Bertz CT molecular complexity index is 835. The van der Waals surface area contributed by atoms with Gasteiger partial charge in [0.25, 0.3) is 5.91 Å². The zero-order valence-corrected chi connectivity index (χ0v) is 17.9. The first-order chi connectivity index (χ1) is 14.0. The van der Waals surface area contributed by atoms with Crippen molar-refractivity contribution in [3.63, 3.8) is 0 Å². The Hall–Kier alpha value is -2.12. The average molecular weight is 421 g/mol. The second-order valence-electron chi connectivity index (χ2n) is 7.47. The third-order valence-corrected chi connectivity index (χ3v) is 7.75. The van der Waals surface area contributed by atoms with Gasteiger partial charge < -0.3 is 4.98 Å². The van der Waals surface area contributed by atoms with Crippen molar-refractivity contribution in [2.45, 2.75) is 68.8 Å². The Morgan fingerprint density at radius 2 is 1.66 bits per heavy atom. The summed E-state index contributed by atoms with van der Waals surface area (Å²) in [6, 6.07) is 12.1. The summed E-state index contributed by atoms with van der Waals surface area (Å²) >= 11 is 0. The van der Waals surface area contributed by atoms with Crippen molar-refractivity contribution in [1.29, 1.82) is 0 Å². The van der Waals surface area contributed by atoms with Gasteiger partial charge in [0, 0.05) is 11.9 Å². The smallest absolute Gasteiger partial charge is 0.270 e. The third-order valence-electron chi connectivity index (χ3n) is 5.36. The number of unbranched alkanes of at least 4 members (excludes halogenated alkanes) is 6. The van der Waals surface area contributed by atoms with E-state index >= 15 is 0 Å². The van der Waals surface area contributed by atoms with E-state index in [2.05, 4.69) is 11.9 Å². The fourth-order valence-electron chi connectivity index (χ4n) is 3.75. The van der Waals surface area contributed by atoms with Crippen LogP contribution in [0.5, 0.6) is 0 Å². The van der Waals surface area contributed by atoms with E-state index < -0.39 is 20.5 Å². The van der Waals surface area contributed by atoms with Crippen LogP contribution in [-0.4, -0.2) is 24.5 Å². The molecule has 0 aliphatic heterocycles.